The Labute approximate surface area is 198 Å². The van der Waals surface area contributed by atoms with Crippen molar-refractivity contribution in [1.82, 2.24) is 19.4 Å². The van der Waals surface area contributed by atoms with Gasteiger partial charge in [0.25, 0.3) is 0 Å². The van der Waals surface area contributed by atoms with Crippen LogP contribution in [0.25, 0.3) is 0 Å². The molecule has 0 amide bonds. The SMILES string of the molecule is Fc1cc(Cc2cccc(OC3CCN(Cc4nccn4C[C@@H]4CCO4)CC3)n2)ccc1Cl. The van der Waals surface area contributed by atoms with Gasteiger partial charge in [0.15, 0.2) is 0 Å². The van der Waals surface area contributed by atoms with E-state index in [4.69, 9.17) is 21.1 Å². The summed E-state index contributed by atoms with van der Waals surface area (Å²) in [5.74, 6) is 1.31. The molecule has 0 bridgehead atoms. The lowest BCUT2D eigenvalue weighted by Crippen LogP contribution is -2.39. The third-order valence-electron chi connectivity index (χ3n) is 6.33. The van der Waals surface area contributed by atoms with E-state index in [0.29, 0.717) is 18.4 Å². The van der Waals surface area contributed by atoms with Gasteiger partial charge >= 0.3 is 0 Å². The summed E-state index contributed by atoms with van der Waals surface area (Å²) < 4.78 is 27.7. The van der Waals surface area contributed by atoms with E-state index in [2.05, 4.69) is 19.4 Å². The summed E-state index contributed by atoms with van der Waals surface area (Å²) in [4.78, 5) is 11.6. The molecule has 1 aromatic carbocycles. The molecule has 2 fully saturated rings. The van der Waals surface area contributed by atoms with Crippen molar-refractivity contribution in [3.8, 4) is 5.88 Å². The molecular weight excluding hydrogens is 443 g/mol. The maximum absolute atomic E-state index is 13.7. The first-order valence-electron chi connectivity index (χ1n) is 11.5. The minimum absolute atomic E-state index is 0.131. The Balaban J connectivity index is 1.12. The van der Waals surface area contributed by atoms with Crippen molar-refractivity contribution in [2.24, 2.45) is 0 Å². The summed E-state index contributed by atoms with van der Waals surface area (Å²) >= 11 is 5.78. The Morgan fingerprint density at radius 1 is 1.15 bits per heavy atom. The number of hydrogen-bond acceptors (Lipinski definition) is 5. The second-order valence-corrected chi connectivity index (χ2v) is 9.17. The number of hydrogen-bond donors (Lipinski definition) is 0. The standard InChI is InChI=1S/C25H28ClFN4O2/c26-22-5-4-18(15-23(22)27)14-19-2-1-3-25(29-19)33-20-6-10-30(11-7-20)17-24-28-9-12-31(24)16-21-8-13-32-21/h1-5,9,12,15,20-21H,6-8,10-11,13-14,16-17H2/t21-/m0/s1. The summed E-state index contributed by atoms with van der Waals surface area (Å²) in [6.45, 7) is 4.53. The first-order valence-corrected chi connectivity index (χ1v) is 11.9. The molecule has 0 unspecified atom stereocenters. The van der Waals surface area contributed by atoms with E-state index in [-0.39, 0.29) is 11.1 Å². The van der Waals surface area contributed by atoms with E-state index in [1.807, 2.05) is 36.7 Å². The first kappa shape index (κ1) is 22.3. The van der Waals surface area contributed by atoms with Crippen LogP contribution in [0.2, 0.25) is 5.02 Å². The third-order valence-corrected chi connectivity index (χ3v) is 6.64. The smallest absolute Gasteiger partial charge is 0.213 e. The lowest BCUT2D eigenvalue weighted by atomic mass is 10.1. The predicted octanol–water partition coefficient (Wildman–Crippen LogP) is 4.49. The van der Waals surface area contributed by atoms with Gasteiger partial charge in [-0.05, 0) is 43.0 Å². The highest BCUT2D eigenvalue weighted by Gasteiger charge is 2.24. The predicted molar refractivity (Wildman–Crippen MR) is 124 cm³/mol. The highest BCUT2D eigenvalue weighted by atomic mass is 35.5. The Hall–Kier alpha value is -2.48. The molecule has 0 aliphatic carbocycles. The molecule has 33 heavy (non-hydrogen) atoms. The summed E-state index contributed by atoms with van der Waals surface area (Å²) in [5.41, 5.74) is 1.67. The molecule has 2 aliphatic rings. The Morgan fingerprint density at radius 2 is 2.00 bits per heavy atom. The molecule has 0 spiro atoms. The van der Waals surface area contributed by atoms with E-state index >= 15 is 0 Å². The van der Waals surface area contributed by atoms with Crippen LogP contribution in [0.4, 0.5) is 4.39 Å². The number of benzene rings is 1. The van der Waals surface area contributed by atoms with Crippen LogP contribution in [0, 0.1) is 5.82 Å². The highest BCUT2D eigenvalue weighted by molar-refractivity contribution is 6.30. The van der Waals surface area contributed by atoms with E-state index < -0.39 is 5.82 Å². The second-order valence-electron chi connectivity index (χ2n) is 8.76. The van der Waals surface area contributed by atoms with Crippen molar-refractivity contribution in [1.29, 1.82) is 0 Å². The van der Waals surface area contributed by atoms with Crippen LogP contribution in [0.15, 0.2) is 48.8 Å². The van der Waals surface area contributed by atoms with E-state index in [9.17, 15) is 4.39 Å². The molecule has 2 aliphatic heterocycles. The van der Waals surface area contributed by atoms with E-state index in [0.717, 1.165) is 69.1 Å². The van der Waals surface area contributed by atoms with Crippen molar-refractivity contribution in [2.75, 3.05) is 19.7 Å². The zero-order chi connectivity index (χ0) is 22.6. The number of rotatable bonds is 8. The number of nitrogens with zero attached hydrogens (tertiary/aromatic N) is 4. The number of pyridine rings is 1. The molecule has 2 aromatic heterocycles. The normalized spacial score (nSPS) is 19.4. The third kappa shape index (κ3) is 5.72. The second kappa shape index (κ2) is 10.2. The number of likely N-dealkylation sites (tertiary alicyclic amines) is 1. The number of ether oxygens (including phenoxy) is 2. The van der Waals surface area contributed by atoms with Crippen LogP contribution in [-0.4, -0.2) is 51.3 Å². The van der Waals surface area contributed by atoms with Gasteiger partial charge < -0.3 is 14.0 Å². The molecule has 5 rings (SSSR count). The molecule has 8 heteroatoms. The quantitative estimate of drug-likeness (QED) is 0.485. The van der Waals surface area contributed by atoms with Gasteiger partial charge in [-0.2, -0.15) is 0 Å². The zero-order valence-corrected chi connectivity index (χ0v) is 19.3. The maximum atomic E-state index is 13.7. The zero-order valence-electron chi connectivity index (χ0n) is 18.5. The summed E-state index contributed by atoms with van der Waals surface area (Å²) in [7, 11) is 0. The topological polar surface area (TPSA) is 52.4 Å². The number of imidazole rings is 1. The molecule has 1 atom stereocenters. The van der Waals surface area contributed by atoms with Gasteiger partial charge in [-0.25, -0.2) is 14.4 Å². The van der Waals surface area contributed by atoms with Crippen molar-refractivity contribution < 1.29 is 13.9 Å². The number of piperidine rings is 1. The molecule has 0 radical (unpaired) electrons. The van der Waals surface area contributed by atoms with Gasteiger partial charge in [0.05, 0.1) is 24.2 Å². The van der Waals surface area contributed by atoms with Crippen LogP contribution < -0.4 is 4.74 Å². The van der Waals surface area contributed by atoms with Gasteiger partial charge in [-0.1, -0.05) is 23.7 Å². The fourth-order valence-electron chi connectivity index (χ4n) is 4.34. The summed E-state index contributed by atoms with van der Waals surface area (Å²) in [5, 5.41) is 0.131. The minimum Gasteiger partial charge on any atom is -0.474 e. The molecule has 174 valence electrons. The minimum atomic E-state index is -0.410. The van der Waals surface area contributed by atoms with Gasteiger partial charge in [0, 0.05) is 50.3 Å². The molecule has 0 saturated carbocycles. The van der Waals surface area contributed by atoms with Gasteiger partial charge in [-0.3, -0.25) is 4.90 Å². The largest absolute Gasteiger partial charge is 0.474 e. The molecule has 6 nitrogen and oxygen atoms in total. The lowest BCUT2D eigenvalue weighted by Gasteiger charge is -2.32. The van der Waals surface area contributed by atoms with Crippen molar-refractivity contribution >= 4 is 11.6 Å². The summed E-state index contributed by atoms with van der Waals surface area (Å²) in [6.07, 6.45) is 7.94. The van der Waals surface area contributed by atoms with Gasteiger partial charge in [-0.15, -0.1) is 0 Å². The van der Waals surface area contributed by atoms with Gasteiger partial charge in [0.1, 0.15) is 17.7 Å². The fraction of sp³-hybridized carbons (Fsp3) is 0.440. The summed E-state index contributed by atoms with van der Waals surface area (Å²) in [6, 6.07) is 10.6. The highest BCUT2D eigenvalue weighted by Crippen LogP contribution is 2.22. The molecule has 0 N–H and O–H groups in total. The van der Waals surface area contributed by atoms with Crippen LogP contribution >= 0.6 is 11.6 Å². The van der Waals surface area contributed by atoms with Crippen LogP contribution in [0.5, 0.6) is 5.88 Å². The molecule has 3 aromatic rings. The average Bonchev–Trinajstić information content (AvgIpc) is 3.22. The monoisotopic (exact) mass is 470 g/mol. The van der Waals surface area contributed by atoms with E-state index in [1.165, 1.54) is 6.07 Å². The Morgan fingerprint density at radius 3 is 2.76 bits per heavy atom. The lowest BCUT2D eigenvalue weighted by molar-refractivity contribution is -0.0598. The fourth-order valence-corrected chi connectivity index (χ4v) is 4.46. The molecular formula is C25H28ClFN4O2. The molecule has 2 saturated heterocycles. The van der Waals surface area contributed by atoms with E-state index in [1.54, 1.807) is 6.07 Å². The average molecular weight is 471 g/mol. The van der Waals surface area contributed by atoms with Gasteiger partial charge in [0.2, 0.25) is 5.88 Å². The Kier molecular flexibility index (Phi) is 6.90. The van der Waals surface area contributed by atoms with Crippen LogP contribution in [0.3, 0.4) is 0 Å². The Bertz CT molecular complexity index is 1080. The van der Waals surface area contributed by atoms with Crippen LogP contribution in [-0.2, 0) is 24.2 Å². The molecule has 4 heterocycles. The van der Waals surface area contributed by atoms with Crippen LogP contribution in [0.1, 0.15) is 36.3 Å². The number of aromatic nitrogens is 3. The maximum Gasteiger partial charge on any atom is 0.213 e. The number of halogens is 2. The van der Waals surface area contributed by atoms with Crippen molar-refractivity contribution in [2.45, 2.75) is 51.0 Å². The first-order chi connectivity index (χ1) is 16.1. The van der Waals surface area contributed by atoms with Crippen molar-refractivity contribution in [3.63, 3.8) is 0 Å². The van der Waals surface area contributed by atoms with Crippen molar-refractivity contribution in [3.05, 3.63) is 76.7 Å².